The highest BCUT2D eigenvalue weighted by Gasteiger charge is 2.33. The lowest BCUT2D eigenvalue weighted by molar-refractivity contribution is -0.930. The molecule has 0 bridgehead atoms. The number of nitrogens with zero attached hydrogens (tertiary/aromatic N) is 2. The Labute approximate surface area is 156 Å². The van der Waals surface area contributed by atoms with Gasteiger partial charge in [0.25, 0.3) is 5.91 Å². The van der Waals surface area contributed by atoms with Gasteiger partial charge in [-0.2, -0.15) is 0 Å². The number of quaternary nitrogens is 1. The molecule has 4 heteroatoms. The van der Waals surface area contributed by atoms with Crippen LogP contribution in [0.5, 0.6) is 0 Å². The zero-order valence-electron chi connectivity index (χ0n) is 15.5. The second-order valence-corrected chi connectivity index (χ2v) is 7.47. The molecule has 0 aromatic heterocycles. The number of nitrogens with one attached hydrogen (secondary N) is 1. The third-order valence-corrected chi connectivity index (χ3v) is 5.95. The number of hydrogen-bond donors (Lipinski definition) is 1. The molecule has 1 unspecified atom stereocenters. The van der Waals surface area contributed by atoms with Gasteiger partial charge in [-0.05, 0) is 24.6 Å². The first-order valence-electron chi connectivity index (χ1n) is 9.72. The van der Waals surface area contributed by atoms with Gasteiger partial charge in [0.2, 0.25) is 0 Å². The molecule has 0 radical (unpaired) electrons. The molecule has 1 fully saturated rings. The van der Waals surface area contributed by atoms with Gasteiger partial charge >= 0.3 is 0 Å². The number of anilines is 1. The topological polar surface area (TPSA) is 28.0 Å². The predicted molar refractivity (Wildman–Crippen MR) is 104 cm³/mol. The van der Waals surface area contributed by atoms with Crippen LogP contribution in [0.2, 0.25) is 0 Å². The lowest BCUT2D eigenvalue weighted by atomic mass is 9.98. The smallest absolute Gasteiger partial charge is 0.280 e. The van der Waals surface area contributed by atoms with E-state index in [2.05, 4.69) is 65.3 Å². The first-order valence-corrected chi connectivity index (χ1v) is 9.72. The Balaban J connectivity index is 1.35. The van der Waals surface area contributed by atoms with E-state index in [0.29, 0.717) is 5.91 Å². The molecular formula is C22H28N3O+. The van der Waals surface area contributed by atoms with E-state index in [1.807, 2.05) is 6.07 Å². The van der Waals surface area contributed by atoms with Crippen molar-refractivity contribution in [2.24, 2.45) is 0 Å². The van der Waals surface area contributed by atoms with Crippen molar-refractivity contribution in [3.05, 3.63) is 65.7 Å². The lowest BCUT2D eigenvalue weighted by Crippen LogP contribution is -3.16. The Bertz CT molecular complexity index is 753. The van der Waals surface area contributed by atoms with Gasteiger partial charge in [-0.15, -0.1) is 0 Å². The summed E-state index contributed by atoms with van der Waals surface area (Å²) in [5, 5.41) is 0. The van der Waals surface area contributed by atoms with E-state index < -0.39 is 0 Å². The molecule has 0 spiro atoms. The SMILES string of the molecule is C[C@@H](C(=O)N1CCN(c2ccccc2)CC1)[NH+]1CCc2ccccc2C1. The number of para-hydroxylation sites is 1. The molecule has 1 saturated heterocycles. The summed E-state index contributed by atoms with van der Waals surface area (Å²) >= 11 is 0. The monoisotopic (exact) mass is 350 g/mol. The van der Waals surface area contributed by atoms with E-state index in [9.17, 15) is 4.79 Å². The fourth-order valence-corrected chi connectivity index (χ4v) is 4.24. The molecule has 4 rings (SSSR count). The van der Waals surface area contributed by atoms with Gasteiger partial charge in [-0.3, -0.25) is 4.79 Å². The minimum absolute atomic E-state index is 0.0339. The van der Waals surface area contributed by atoms with Crippen molar-refractivity contribution < 1.29 is 9.69 Å². The molecule has 4 nitrogen and oxygen atoms in total. The summed E-state index contributed by atoms with van der Waals surface area (Å²) in [6.45, 7) is 7.60. The number of hydrogen-bond acceptors (Lipinski definition) is 2. The zero-order chi connectivity index (χ0) is 17.9. The second kappa shape index (κ2) is 7.50. The normalized spacial score (nSPS) is 21.2. The van der Waals surface area contributed by atoms with E-state index in [0.717, 1.165) is 45.7 Å². The third kappa shape index (κ3) is 3.47. The van der Waals surface area contributed by atoms with Crippen LogP contribution in [-0.4, -0.2) is 49.6 Å². The van der Waals surface area contributed by atoms with E-state index in [1.54, 1.807) is 0 Å². The van der Waals surface area contributed by atoms with Gasteiger partial charge in [0.05, 0.1) is 6.54 Å². The van der Waals surface area contributed by atoms with E-state index in [1.165, 1.54) is 21.7 Å². The Morgan fingerprint density at radius 1 is 0.923 bits per heavy atom. The maximum atomic E-state index is 13.0. The summed E-state index contributed by atoms with van der Waals surface area (Å²) in [6, 6.07) is 19.2. The van der Waals surface area contributed by atoms with Gasteiger partial charge in [0.15, 0.2) is 6.04 Å². The molecule has 2 heterocycles. The molecule has 2 aliphatic rings. The van der Waals surface area contributed by atoms with Crippen molar-refractivity contribution in [1.82, 2.24) is 4.90 Å². The molecule has 0 saturated carbocycles. The maximum absolute atomic E-state index is 13.0. The lowest BCUT2D eigenvalue weighted by Gasteiger charge is -2.38. The van der Waals surface area contributed by atoms with Crippen LogP contribution in [0.4, 0.5) is 5.69 Å². The van der Waals surface area contributed by atoms with Crippen LogP contribution in [-0.2, 0) is 17.8 Å². The number of piperazine rings is 1. The number of carbonyl (C=O) groups excluding carboxylic acids is 1. The van der Waals surface area contributed by atoms with Crippen LogP contribution in [0.1, 0.15) is 18.1 Å². The van der Waals surface area contributed by atoms with E-state index in [-0.39, 0.29) is 6.04 Å². The Kier molecular flexibility index (Phi) is 4.93. The summed E-state index contributed by atoms with van der Waals surface area (Å²) in [6.07, 6.45) is 1.07. The quantitative estimate of drug-likeness (QED) is 0.905. The first kappa shape index (κ1) is 17.1. The van der Waals surface area contributed by atoms with E-state index in [4.69, 9.17) is 0 Å². The molecule has 2 aromatic rings. The number of carbonyl (C=O) groups is 1. The van der Waals surface area contributed by atoms with Crippen LogP contribution < -0.4 is 9.80 Å². The molecule has 26 heavy (non-hydrogen) atoms. The van der Waals surface area contributed by atoms with Crippen molar-refractivity contribution >= 4 is 11.6 Å². The fourth-order valence-electron chi connectivity index (χ4n) is 4.24. The average Bonchev–Trinajstić information content (AvgIpc) is 2.73. The van der Waals surface area contributed by atoms with Gasteiger partial charge < -0.3 is 14.7 Å². The number of benzene rings is 2. The van der Waals surface area contributed by atoms with Gasteiger partial charge in [-0.1, -0.05) is 42.5 Å². The predicted octanol–water partition coefficient (Wildman–Crippen LogP) is 1.36. The van der Waals surface area contributed by atoms with Crippen molar-refractivity contribution in [3.63, 3.8) is 0 Å². The molecule has 2 atom stereocenters. The average molecular weight is 350 g/mol. The van der Waals surface area contributed by atoms with Gasteiger partial charge in [-0.25, -0.2) is 0 Å². The van der Waals surface area contributed by atoms with Crippen LogP contribution in [0, 0.1) is 0 Å². The standard InChI is InChI=1S/C22H27N3O/c1-18(25-12-11-19-7-5-6-8-20(19)17-25)22(26)24-15-13-23(14-16-24)21-9-3-2-4-10-21/h2-10,18H,11-17H2,1H3/p+1/t18-/m0/s1. The molecule has 1 N–H and O–H groups in total. The molecule has 2 aliphatic heterocycles. The molecular weight excluding hydrogens is 322 g/mol. The van der Waals surface area contributed by atoms with Crippen LogP contribution in [0.25, 0.3) is 0 Å². The van der Waals surface area contributed by atoms with Crippen molar-refractivity contribution in [1.29, 1.82) is 0 Å². The summed E-state index contributed by atoms with van der Waals surface area (Å²) in [5.74, 6) is 0.312. The summed E-state index contributed by atoms with van der Waals surface area (Å²) in [4.78, 5) is 18.9. The van der Waals surface area contributed by atoms with Crippen molar-refractivity contribution in [2.45, 2.75) is 25.9 Å². The van der Waals surface area contributed by atoms with Crippen LogP contribution >= 0.6 is 0 Å². The molecule has 1 amide bonds. The summed E-state index contributed by atoms with van der Waals surface area (Å²) in [7, 11) is 0. The molecule has 0 aliphatic carbocycles. The number of rotatable bonds is 3. The van der Waals surface area contributed by atoms with E-state index >= 15 is 0 Å². The van der Waals surface area contributed by atoms with Gasteiger partial charge in [0, 0.05) is 43.9 Å². The highest BCUT2D eigenvalue weighted by molar-refractivity contribution is 5.80. The maximum Gasteiger partial charge on any atom is 0.280 e. The second-order valence-electron chi connectivity index (χ2n) is 7.47. The summed E-state index contributed by atoms with van der Waals surface area (Å²) in [5.41, 5.74) is 4.11. The van der Waals surface area contributed by atoms with Gasteiger partial charge in [0.1, 0.15) is 6.54 Å². The number of fused-ring (bicyclic) bond motifs is 1. The van der Waals surface area contributed by atoms with Crippen molar-refractivity contribution in [3.8, 4) is 0 Å². The fraction of sp³-hybridized carbons (Fsp3) is 0.409. The minimum Gasteiger partial charge on any atom is -0.368 e. The first-order chi connectivity index (χ1) is 12.7. The Hall–Kier alpha value is -2.33. The molecule has 2 aromatic carbocycles. The number of amides is 1. The van der Waals surface area contributed by atoms with Crippen LogP contribution in [0.15, 0.2) is 54.6 Å². The third-order valence-electron chi connectivity index (χ3n) is 5.95. The van der Waals surface area contributed by atoms with Crippen LogP contribution in [0.3, 0.4) is 0 Å². The van der Waals surface area contributed by atoms with Crippen molar-refractivity contribution in [2.75, 3.05) is 37.6 Å². The largest absolute Gasteiger partial charge is 0.368 e. The minimum atomic E-state index is 0.0339. The Morgan fingerprint density at radius 2 is 1.58 bits per heavy atom. The summed E-state index contributed by atoms with van der Waals surface area (Å²) < 4.78 is 0. The molecule has 136 valence electrons. The Morgan fingerprint density at radius 3 is 2.31 bits per heavy atom. The highest BCUT2D eigenvalue weighted by Crippen LogP contribution is 2.16. The zero-order valence-corrected chi connectivity index (χ0v) is 15.5. The highest BCUT2D eigenvalue weighted by atomic mass is 16.2.